The molecule has 0 bridgehead atoms. The van der Waals surface area contributed by atoms with E-state index in [1.165, 1.54) is 25.7 Å². The molecular formula is C14H23N5O. The van der Waals surface area contributed by atoms with Crippen LogP contribution in [-0.2, 0) is 0 Å². The summed E-state index contributed by atoms with van der Waals surface area (Å²) in [5.41, 5.74) is 6.07. The van der Waals surface area contributed by atoms with Gasteiger partial charge in [0.15, 0.2) is 5.84 Å². The molecule has 2 rings (SSSR count). The molecule has 0 amide bonds. The molecule has 1 aromatic heterocycles. The molecule has 1 aliphatic rings. The molecule has 20 heavy (non-hydrogen) atoms. The van der Waals surface area contributed by atoms with Crippen molar-refractivity contribution in [3.05, 3.63) is 18.0 Å². The number of hydrogen-bond acceptors (Lipinski definition) is 5. The van der Waals surface area contributed by atoms with Gasteiger partial charge in [-0.2, -0.15) is 0 Å². The van der Waals surface area contributed by atoms with Crippen LogP contribution in [0.3, 0.4) is 0 Å². The Morgan fingerprint density at radius 3 is 2.80 bits per heavy atom. The zero-order valence-electron chi connectivity index (χ0n) is 12.2. The number of aromatic nitrogens is 2. The molecule has 0 atom stereocenters. The number of oxime groups is 1. The van der Waals surface area contributed by atoms with Crippen LogP contribution in [-0.4, -0.2) is 33.6 Å². The lowest BCUT2D eigenvalue weighted by atomic mass is 10.1. The van der Waals surface area contributed by atoms with E-state index in [0.29, 0.717) is 23.6 Å². The summed E-state index contributed by atoms with van der Waals surface area (Å²) >= 11 is 0. The molecule has 6 nitrogen and oxygen atoms in total. The fourth-order valence-electron chi connectivity index (χ4n) is 2.68. The lowest BCUT2D eigenvalue weighted by Crippen LogP contribution is -2.38. The summed E-state index contributed by atoms with van der Waals surface area (Å²) in [5, 5.41) is 11.8. The summed E-state index contributed by atoms with van der Waals surface area (Å²) in [4.78, 5) is 11.1. The predicted molar refractivity (Wildman–Crippen MR) is 79.0 cm³/mol. The van der Waals surface area contributed by atoms with Crippen LogP contribution in [0.1, 0.15) is 45.2 Å². The Bertz CT molecular complexity index is 468. The van der Waals surface area contributed by atoms with Crippen LogP contribution in [0.15, 0.2) is 17.4 Å². The second-order valence-electron chi connectivity index (χ2n) is 5.71. The number of nitrogens with zero attached hydrogens (tertiary/aromatic N) is 4. The third-order valence-corrected chi connectivity index (χ3v) is 3.60. The first-order valence-corrected chi connectivity index (χ1v) is 7.19. The van der Waals surface area contributed by atoms with Crippen molar-refractivity contribution in [2.45, 2.75) is 45.6 Å². The van der Waals surface area contributed by atoms with Crippen LogP contribution in [0.4, 0.5) is 5.95 Å². The van der Waals surface area contributed by atoms with E-state index >= 15 is 0 Å². The third kappa shape index (κ3) is 3.37. The Balaban J connectivity index is 2.27. The minimum atomic E-state index is 0.0181. The highest BCUT2D eigenvalue weighted by atomic mass is 16.4. The Hall–Kier alpha value is -1.85. The number of nitrogens with two attached hydrogens (primary N) is 1. The SMILES string of the molecule is CC(C)CN(c1nccc(/C(N)=N/O)n1)C1CCCC1. The maximum Gasteiger partial charge on any atom is 0.226 e. The van der Waals surface area contributed by atoms with Crippen LogP contribution >= 0.6 is 0 Å². The Kier molecular flexibility index (Phi) is 4.76. The van der Waals surface area contributed by atoms with Crippen molar-refractivity contribution in [2.75, 3.05) is 11.4 Å². The highest BCUT2D eigenvalue weighted by Gasteiger charge is 2.25. The highest BCUT2D eigenvalue weighted by Crippen LogP contribution is 2.27. The second-order valence-corrected chi connectivity index (χ2v) is 5.71. The Morgan fingerprint density at radius 1 is 1.50 bits per heavy atom. The smallest absolute Gasteiger partial charge is 0.226 e. The maximum atomic E-state index is 8.76. The number of hydrogen-bond donors (Lipinski definition) is 2. The fourth-order valence-corrected chi connectivity index (χ4v) is 2.68. The topological polar surface area (TPSA) is 87.6 Å². The van der Waals surface area contributed by atoms with E-state index in [2.05, 4.69) is 33.9 Å². The molecule has 1 fully saturated rings. The normalized spacial score (nSPS) is 16.9. The van der Waals surface area contributed by atoms with E-state index in [0.717, 1.165) is 6.54 Å². The summed E-state index contributed by atoms with van der Waals surface area (Å²) in [6.07, 6.45) is 6.56. The molecule has 1 aromatic rings. The highest BCUT2D eigenvalue weighted by molar-refractivity contribution is 5.95. The zero-order valence-corrected chi connectivity index (χ0v) is 12.2. The molecule has 0 radical (unpaired) electrons. The van der Waals surface area contributed by atoms with Crippen LogP contribution in [0, 0.1) is 5.92 Å². The molecule has 6 heteroatoms. The van der Waals surface area contributed by atoms with E-state index in [1.54, 1.807) is 12.3 Å². The van der Waals surface area contributed by atoms with Crippen LogP contribution in [0.2, 0.25) is 0 Å². The van der Waals surface area contributed by atoms with Crippen molar-refractivity contribution in [1.82, 2.24) is 9.97 Å². The Labute approximate surface area is 119 Å². The van der Waals surface area contributed by atoms with Gasteiger partial charge in [-0.05, 0) is 24.8 Å². The molecule has 0 spiro atoms. The molecule has 110 valence electrons. The second kappa shape index (κ2) is 6.54. The molecule has 0 unspecified atom stereocenters. The first-order valence-electron chi connectivity index (χ1n) is 7.19. The number of rotatable bonds is 5. The number of amidine groups is 1. The summed E-state index contributed by atoms with van der Waals surface area (Å²) in [5.74, 6) is 1.23. The molecule has 1 aliphatic carbocycles. The van der Waals surface area contributed by atoms with Gasteiger partial charge in [0, 0.05) is 18.8 Å². The quantitative estimate of drug-likeness (QED) is 0.372. The van der Waals surface area contributed by atoms with Gasteiger partial charge in [0.25, 0.3) is 0 Å². The van der Waals surface area contributed by atoms with Gasteiger partial charge >= 0.3 is 0 Å². The van der Waals surface area contributed by atoms with Crippen molar-refractivity contribution in [1.29, 1.82) is 0 Å². The number of anilines is 1. The summed E-state index contributed by atoms with van der Waals surface area (Å²) < 4.78 is 0. The van der Waals surface area contributed by atoms with Gasteiger partial charge in [-0.15, -0.1) is 0 Å². The average Bonchev–Trinajstić information content (AvgIpc) is 2.97. The minimum absolute atomic E-state index is 0.0181. The lowest BCUT2D eigenvalue weighted by Gasteiger charge is -2.30. The minimum Gasteiger partial charge on any atom is -0.409 e. The van der Waals surface area contributed by atoms with Crippen LogP contribution in [0.25, 0.3) is 0 Å². The largest absolute Gasteiger partial charge is 0.409 e. The van der Waals surface area contributed by atoms with Gasteiger partial charge in [-0.1, -0.05) is 31.8 Å². The Morgan fingerprint density at radius 2 is 2.20 bits per heavy atom. The molecular weight excluding hydrogens is 254 g/mol. The standard InChI is InChI=1S/C14H23N5O/c1-10(2)9-19(11-5-3-4-6-11)14-16-8-7-12(17-14)13(15)18-20/h7-8,10-11,20H,3-6,9H2,1-2H3,(H2,15,18). The molecule has 0 saturated heterocycles. The lowest BCUT2D eigenvalue weighted by molar-refractivity contribution is 0.318. The van der Waals surface area contributed by atoms with Crippen molar-refractivity contribution >= 4 is 11.8 Å². The van der Waals surface area contributed by atoms with Crippen LogP contribution in [0.5, 0.6) is 0 Å². The predicted octanol–water partition coefficient (Wildman–Crippen LogP) is 1.98. The van der Waals surface area contributed by atoms with Gasteiger partial charge in [-0.3, -0.25) is 0 Å². The maximum absolute atomic E-state index is 8.76. The van der Waals surface area contributed by atoms with E-state index in [1.807, 2.05) is 0 Å². The first-order chi connectivity index (χ1) is 9.61. The van der Waals surface area contributed by atoms with Gasteiger partial charge < -0.3 is 15.8 Å². The average molecular weight is 277 g/mol. The van der Waals surface area contributed by atoms with E-state index in [4.69, 9.17) is 10.9 Å². The van der Waals surface area contributed by atoms with E-state index in [9.17, 15) is 0 Å². The molecule has 3 N–H and O–H groups in total. The van der Waals surface area contributed by atoms with Gasteiger partial charge in [0.05, 0.1) is 0 Å². The van der Waals surface area contributed by atoms with Gasteiger partial charge in [0.2, 0.25) is 5.95 Å². The molecule has 0 aromatic carbocycles. The zero-order chi connectivity index (χ0) is 14.5. The van der Waals surface area contributed by atoms with Crippen molar-refractivity contribution in [3.63, 3.8) is 0 Å². The van der Waals surface area contributed by atoms with Crippen LogP contribution < -0.4 is 10.6 Å². The summed E-state index contributed by atoms with van der Waals surface area (Å²) in [7, 11) is 0. The fraction of sp³-hybridized carbons (Fsp3) is 0.643. The third-order valence-electron chi connectivity index (χ3n) is 3.60. The van der Waals surface area contributed by atoms with Gasteiger partial charge in [-0.25, -0.2) is 9.97 Å². The van der Waals surface area contributed by atoms with Crippen molar-refractivity contribution < 1.29 is 5.21 Å². The monoisotopic (exact) mass is 277 g/mol. The first kappa shape index (κ1) is 14.6. The molecule has 0 aliphatic heterocycles. The summed E-state index contributed by atoms with van der Waals surface area (Å²) in [6.45, 7) is 5.30. The molecule has 1 saturated carbocycles. The van der Waals surface area contributed by atoms with E-state index in [-0.39, 0.29) is 5.84 Å². The van der Waals surface area contributed by atoms with Gasteiger partial charge in [0.1, 0.15) is 5.69 Å². The van der Waals surface area contributed by atoms with Crippen molar-refractivity contribution in [2.24, 2.45) is 16.8 Å². The van der Waals surface area contributed by atoms with E-state index < -0.39 is 0 Å². The molecule has 1 heterocycles. The van der Waals surface area contributed by atoms with Crippen molar-refractivity contribution in [3.8, 4) is 0 Å². The summed E-state index contributed by atoms with van der Waals surface area (Å²) in [6, 6.07) is 2.15.